The van der Waals surface area contributed by atoms with Gasteiger partial charge in [0.05, 0.1) is 10.0 Å². The highest BCUT2D eigenvalue weighted by Gasteiger charge is 2.25. The SMILES string of the molecule is CCCCNC(=O)[C@H](C)N(Cc1ccc(Cl)c(Cl)c1)C(=O)CCSc1ccc(C)cc1. The number of hydrogen-bond acceptors (Lipinski definition) is 3. The summed E-state index contributed by atoms with van der Waals surface area (Å²) in [6.07, 6.45) is 2.25. The third-order valence-electron chi connectivity index (χ3n) is 4.94. The highest BCUT2D eigenvalue weighted by Crippen LogP contribution is 2.24. The Hall–Kier alpha value is -1.69. The molecule has 1 atom stereocenters. The number of unbranched alkanes of at least 4 members (excludes halogenated alkanes) is 1. The number of benzene rings is 2. The Morgan fingerprint density at radius 1 is 1.10 bits per heavy atom. The highest BCUT2D eigenvalue weighted by atomic mass is 35.5. The minimum absolute atomic E-state index is 0.0659. The molecule has 0 aromatic heterocycles. The average Bonchev–Trinajstić information content (AvgIpc) is 2.75. The van der Waals surface area contributed by atoms with E-state index in [2.05, 4.69) is 36.5 Å². The number of aryl methyl sites for hydroxylation is 1. The maximum Gasteiger partial charge on any atom is 0.242 e. The van der Waals surface area contributed by atoms with Crippen molar-refractivity contribution in [3.8, 4) is 0 Å². The molecule has 4 nitrogen and oxygen atoms in total. The lowest BCUT2D eigenvalue weighted by atomic mass is 10.1. The number of amides is 2. The molecule has 0 saturated carbocycles. The molecule has 2 aromatic rings. The Bertz CT molecular complexity index is 874. The van der Waals surface area contributed by atoms with E-state index in [0.29, 0.717) is 35.3 Å². The first-order valence-corrected chi connectivity index (χ1v) is 12.3. The lowest BCUT2D eigenvalue weighted by Crippen LogP contribution is -2.47. The van der Waals surface area contributed by atoms with E-state index in [9.17, 15) is 9.59 Å². The molecule has 0 radical (unpaired) electrons. The van der Waals surface area contributed by atoms with Crippen LogP contribution in [0.3, 0.4) is 0 Å². The fourth-order valence-electron chi connectivity index (χ4n) is 2.99. The lowest BCUT2D eigenvalue weighted by molar-refractivity contribution is -0.140. The fraction of sp³-hybridized carbons (Fsp3) is 0.417. The van der Waals surface area contributed by atoms with Crippen LogP contribution in [0.4, 0.5) is 0 Å². The highest BCUT2D eigenvalue weighted by molar-refractivity contribution is 7.99. The van der Waals surface area contributed by atoms with Crippen molar-refractivity contribution in [1.82, 2.24) is 10.2 Å². The molecule has 2 amide bonds. The quantitative estimate of drug-likeness (QED) is 0.311. The summed E-state index contributed by atoms with van der Waals surface area (Å²) in [6, 6.07) is 12.9. The van der Waals surface area contributed by atoms with Crippen molar-refractivity contribution in [2.75, 3.05) is 12.3 Å². The normalized spacial score (nSPS) is 11.8. The summed E-state index contributed by atoms with van der Waals surface area (Å²) >= 11 is 13.8. The predicted molar refractivity (Wildman–Crippen MR) is 131 cm³/mol. The molecule has 1 N–H and O–H groups in total. The van der Waals surface area contributed by atoms with E-state index in [1.807, 2.05) is 13.0 Å². The smallest absolute Gasteiger partial charge is 0.242 e. The number of thioether (sulfide) groups is 1. The van der Waals surface area contributed by atoms with Crippen LogP contribution in [0.25, 0.3) is 0 Å². The number of carbonyl (C=O) groups excluding carboxylic acids is 2. The van der Waals surface area contributed by atoms with E-state index in [1.54, 1.807) is 35.7 Å². The van der Waals surface area contributed by atoms with Crippen molar-refractivity contribution in [2.24, 2.45) is 0 Å². The molecule has 0 unspecified atom stereocenters. The van der Waals surface area contributed by atoms with Crippen molar-refractivity contribution in [3.05, 3.63) is 63.6 Å². The summed E-state index contributed by atoms with van der Waals surface area (Å²) in [5.41, 5.74) is 2.04. The van der Waals surface area contributed by atoms with E-state index >= 15 is 0 Å². The van der Waals surface area contributed by atoms with Crippen LogP contribution in [-0.2, 0) is 16.1 Å². The second kappa shape index (κ2) is 13.0. The Morgan fingerprint density at radius 2 is 1.81 bits per heavy atom. The van der Waals surface area contributed by atoms with Crippen LogP contribution < -0.4 is 5.32 Å². The number of nitrogens with zero attached hydrogens (tertiary/aromatic N) is 1. The van der Waals surface area contributed by atoms with E-state index in [-0.39, 0.29) is 11.8 Å². The van der Waals surface area contributed by atoms with Gasteiger partial charge in [0.1, 0.15) is 6.04 Å². The van der Waals surface area contributed by atoms with Crippen LogP contribution in [0.2, 0.25) is 10.0 Å². The average molecular weight is 481 g/mol. The van der Waals surface area contributed by atoms with Gasteiger partial charge in [-0.05, 0) is 50.1 Å². The summed E-state index contributed by atoms with van der Waals surface area (Å²) in [4.78, 5) is 28.5. The van der Waals surface area contributed by atoms with Crippen molar-refractivity contribution >= 4 is 46.8 Å². The molecular weight excluding hydrogens is 451 g/mol. The van der Waals surface area contributed by atoms with Crippen molar-refractivity contribution in [2.45, 2.75) is 57.5 Å². The minimum Gasteiger partial charge on any atom is -0.354 e. The maximum atomic E-state index is 13.1. The van der Waals surface area contributed by atoms with Crippen LogP contribution in [0.1, 0.15) is 44.2 Å². The van der Waals surface area contributed by atoms with Gasteiger partial charge < -0.3 is 10.2 Å². The van der Waals surface area contributed by atoms with Gasteiger partial charge in [-0.2, -0.15) is 0 Å². The number of nitrogens with one attached hydrogen (secondary N) is 1. The zero-order valence-electron chi connectivity index (χ0n) is 18.3. The maximum absolute atomic E-state index is 13.1. The topological polar surface area (TPSA) is 49.4 Å². The van der Waals surface area contributed by atoms with Gasteiger partial charge in [0.25, 0.3) is 0 Å². The summed E-state index contributed by atoms with van der Waals surface area (Å²) in [5.74, 6) is 0.432. The summed E-state index contributed by atoms with van der Waals surface area (Å²) in [5, 5.41) is 3.82. The Kier molecular flexibility index (Phi) is 10.7. The van der Waals surface area contributed by atoms with Crippen molar-refractivity contribution in [3.63, 3.8) is 0 Å². The van der Waals surface area contributed by atoms with E-state index in [1.165, 1.54) is 5.56 Å². The molecule has 31 heavy (non-hydrogen) atoms. The zero-order chi connectivity index (χ0) is 22.8. The summed E-state index contributed by atoms with van der Waals surface area (Å²) < 4.78 is 0. The first-order valence-electron chi connectivity index (χ1n) is 10.5. The molecule has 2 rings (SSSR count). The molecule has 0 saturated heterocycles. The van der Waals surface area contributed by atoms with Crippen LogP contribution in [0.5, 0.6) is 0 Å². The number of halogens is 2. The van der Waals surface area contributed by atoms with Gasteiger partial charge in [-0.25, -0.2) is 0 Å². The molecule has 0 fully saturated rings. The Labute approximate surface area is 199 Å². The fourth-order valence-corrected chi connectivity index (χ4v) is 4.15. The van der Waals surface area contributed by atoms with Crippen LogP contribution >= 0.6 is 35.0 Å². The zero-order valence-corrected chi connectivity index (χ0v) is 20.6. The van der Waals surface area contributed by atoms with Crippen LogP contribution in [0, 0.1) is 6.92 Å². The Morgan fingerprint density at radius 3 is 2.45 bits per heavy atom. The molecule has 168 valence electrons. The van der Waals surface area contributed by atoms with Gasteiger partial charge in [0.2, 0.25) is 11.8 Å². The minimum atomic E-state index is -0.580. The predicted octanol–water partition coefficient (Wildman–Crippen LogP) is 6.12. The molecule has 2 aromatic carbocycles. The van der Waals surface area contributed by atoms with Gasteiger partial charge in [-0.1, -0.05) is 60.3 Å². The van der Waals surface area contributed by atoms with E-state index in [4.69, 9.17) is 23.2 Å². The Balaban J connectivity index is 2.06. The number of hydrogen-bond donors (Lipinski definition) is 1. The largest absolute Gasteiger partial charge is 0.354 e. The molecule has 0 aliphatic rings. The van der Waals surface area contributed by atoms with E-state index in [0.717, 1.165) is 23.3 Å². The monoisotopic (exact) mass is 480 g/mol. The van der Waals surface area contributed by atoms with Crippen LogP contribution in [0.15, 0.2) is 47.4 Å². The standard InChI is InChI=1S/C24H30Cl2N2O2S/c1-4-5-13-27-24(30)18(3)28(16-19-8-11-21(25)22(26)15-19)23(29)12-14-31-20-9-6-17(2)7-10-20/h6-11,15,18H,4-5,12-14,16H2,1-3H3,(H,27,30)/t18-/m0/s1. The first kappa shape index (κ1) is 25.6. The first-order chi connectivity index (χ1) is 14.8. The number of carbonyl (C=O) groups is 2. The van der Waals surface area contributed by atoms with Crippen molar-refractivity contribution in [1.29, 1.82) is 0 Å². The van der Waals surface area contributed by atoms with Gasteiger partial charge in [0, 0.05) is 30.2 Å². The van der Waals surface area contributed by atoms with Gasteiger partial charge in [-0.3, -0.25) is 9.59 Å². The van der Waals surface area contributed by atoms with Crippen molar-refractivity contribution < 1.29 is 9.59 Å². The molecular formula is C24H30Cl2N2O2S. The number of rotatable bonds is 11. The molecule has 0 spiro atoms. The molecule has 0 aliphatic carbocycles. The third-order valence-corrected chi connectivity index (χ3v) is 6.69. The molecule has 0 aliphatic heterocycles. The molecule has 0 bridgehead atoms. The second-order valence-electron chi connectivity index (χ2n) is 7.50. The van der Waals surface area contributed by atoms with Gasteiger partial charge >= 0.3 is 0 Å². The third kappa shape index (κ3) is 8.40. The van der Waals surface area contributed by atoms with E-state index < -0.39 is 6.04 Å². The molecule has 7 heteroatoms. The second-order valence-corrected chi connectivity index (χ2v) is 9.48. The molecule has 0 heterocycles. The van der Waals surface area contributed by atoms with Gasteiger partial charge in [0.15, 0.2) is 0 Å². The van der Waals surface area contributed by atoms with Gasteiger partial charge in [-0.15, -0.1) is 11.8 Å². The summed E-state index contributed by atoms with van der Waals surface area (Å²) in [7, 11) is 0. The van der Waals surface area contributed by atoms with Crippen LogP contribution in [-0.4, -0.2) is 35.1 Å². The lowest BCUT2D eigenvalue weighted by Gasteiger charge is -2.29. The summed E-state index contributed by atoms with van der Waals surface area (Å²) in [6.45, 7) is 6.79.